The van der Waals surface area contributed by atoms with Crippen LogP contribution in [0.5, 0.6) is 0 Å². The van der Waals surface area contributed by atoms with Gasteiger partial charge in [-0.25, -0.2) is 4.39 Å². The quantitative estimate of drug-likeness (QED) is 0.671. The highest BCUT2D eigenvalue weighted by Gasteiger charge is 2.11. The minimum absolute atomic E-state index is 0.0955. The van der Waals surface area contributed by atoms with Crippen molar-refractivity contribution in [2.45, 2.75) is 12.5 Å². The zero-order valence-corrected chi connectivity index (χ0v) is 11.3. The number of halogens is 2. The number of benzene rings is 2. The third-order valence-corrected chi connectivity index (χ3v) is 3.33. The zero-order chi connectivity index (χ0) is 13.0. The molecule has 0 aliphatic heterocycles. The predicted molar refractivity (Wildman–Crippen MR) is 74.3 cm³/mol. The molecule has 4 heteroatoms. The minimum Gasteiger partial charge on any atom is -0.271 e. The molecule has 0 radical (unpaired) electrons. The van der Waals surface area contributed by atoms with Crippen molar-refractivity contribution in [3.63, 3.8) is 0 Å². The Hall–Kier alpha value is -1.23. The molecule has 1 unspecified atom stereocenters. The topological polar surface area (TPSA) is 38.0 Å². The second-order valence-corrected chi connectivity index (χ2v) is 5.02. The lowest BCUT2D eigenvalue weighted by Crippen LogP contribution is -2.29. The van der Waals surface area contributed by atoms with Crippen LogP contribution in [0.4, 0.5) is 4.39 Å². The van der Waals surface area contributed by atoms with Gasteiger partial charge in [0.15, 0.2) is 0 Å². The third-order valence-electron chi connectivity index (χ3n) is 2.81. The van der Waals surface area contributed by atoms with E-state index in [1.54, 1.807) is 6.07 Å². The van der Waals surface area contributed by atoms with Gasteiger partial charge < -0.3 is 0 Å². The molecule has 0 aromatic heterocycles. The molecule has 94 valence electrons. The van der Waals surface area contributed by atoms with Crippen LogP contribution in [-0.2, 0) is 6.42 Å². The third kappa shape index (κ3) is 3.38. The smallest absolute Gasteiger partial charge is 0.123 e. The van der Waals surface area contributed by atoms with Crippen molar-refractivity contribution in [1.29, 1.82) is 0 Å². The second kappa shape index (κ2) is 6.09. The van der Waals surface area contributed by atoms with Gasteiger partial charge in [0.2, 0.25) is 0 Å². The van der Waals surface area contributed by atoms with Gasteiger partial charge in [-0.3, -0.25) is 11.3 Å². The van der Waals surface area contributed by atoms with E-state index in [9.17, 15) is 4.39 Å². The van der Waals surface area contributed by atoms with E-state index >= 15 is 0 Å². The van der Waals surface area contributed by atoms with Gasteiger partial charge in [-0.15, -0.1) is 0 Å². The van der Waals surface area contributed by atoms with Crippen LogP contribution in [0.1, 0.15) is 17.2 Å². The van der Waals surface area contributed by atoms with Gasteiger partial charge in [0.05, 0.1) is 6.04 Å². The normalized spacial score (nSPS) is 12.4. The molecule has 2 aromatic carbocycles. The molecule has 2 nitrogen and oxygen atoms in total. The Labute approximate surface area is 114 Å². The fourth-order valence-corrected chi connectivity index (χ4v) is 2.12. The molecule has 1 atom stereocenters. The Morgan fingerprint density at radius 2 is 1.89 bits per heavy atom. The van der Waals surface area contributed by atoms with Crippen LogP contribution in [0.25, 0.3) is 0 Å². The molecule has 0 spiro atoms. The van der Waals surface area contributed by atoms with E-state index in [2.05, 4.69) is 21.4 Å². The summed E-state index contributed by atoms with van der Waals surface area (Å²) in [6.07, 6.45) is 0.716. The summed E-state index contributed by atoms with van der Waals surface area (Å²) in [5, 5.41) is 0. The molecule has 18 heavy (non-hydrogen) atoms. The molecule has 2 rings (SSSR count). The molecule has 0 fully saturated rings. The Morgan fingerprint density at radius 1 is 1.17 bits per heavy atom. The fourth-order valence-electron chi connectivity index (χ4n) is 1.85. The predicted octanol–water partition coefficient (Wildman–Crippen LogP) is 3.34. The van der Waals surface area contributed by atoms with Gasteiger partial charge in [-0.1, -0.05) is 40.2 Å². The van der Waals surface area contributed by atoms with Gasteiger partial charge in [-0.05, 0) is 41.8 Å². The standard InChI is InChI=1S/C14H14BrFN2/c15-12-6-4-10(5-7-12)8-14(18-17)11-2-1-3-13(16)9-11/h1-7,9,14,18H,8,17H2. The summed E-state index contributed by atoms with van der Waals surface area (Å²) in [5.41, 5.74) is 4.72. The molecule has 0 bridgehead atoms. The highest BCUT2D eigenvalue weighted by atomic mass is 79.9. The van der Waals surface area contributed by atoms with Crippen molar-refractivity contribution in [2.75, 3.05) is 0 Å². The maximum Gasteiger partial charge on any atom is 0.123 e. The van der Waals surface area contributed by atoms with Gasteiger partial charge in [0, 0.05) is 4.47 Å². The minimum atomic E-state index is -0.247. The summed E-state index contributed by atoms with van der Waals surface area (Å²) in [6.45, 7) is 0. The van der Waals surface area contributed by atoms with E-state index in [1.807, 2.05) is 30.3 Å². The largest absolute Gasteiger partial charge is 0.271 e. The number of hydrazine groups is 1. The first-order valence-corrected chi connectivity index (χ1v) is 6.44. The summed E-state index contributed by atoms with van der Waals surface area (Å²) < 4.78 is 14.2. The van der Waals surface area contributed by atoms with Crippen molar-refractivity contribution >= 4 is 15.9 Å². The van der Waals surface area contributed by atoms with Crippen LogP contribution in [0.2, 0.25) is 0 Å². The molecular formula is C14H14BrFN2. The average molecular weight is 309 g/mol. The van der Waals surface area contributed by atoms with Crippen molar-refractivity contribution in [1.82, 2.24) is 5.43 Å². The molecule has 0 saturated carbocycles. The summed E-state index contributed by atoms with van der Waals surface area (Å²) in [7, 11) is 0. The number of rotatable bonds is 4. The molecule has 0 aliphatic carbocycles. The van der Waals surface area contributed by atoms with Gasteiger partial charge in [0.1, 0.15) is 5.82 Å². The van der Waals surface area contributed by atoms with E-state index in [-0.39, 0.29) is 11.9 Å². The van der Waals surface area contributed by atoms with E-state index in [1.165, 1.54) is 12.1 Å². The highest BCUT2D eigenvalue weighted by molar-refractivity contribution is 9.10. The van der Waals surface area contributed by atoms with Crippen LogP contribution in [0, 0.1) is 5.82 Å². The first-order chi connectivity index (χ1) is 8.69. The first kappa shape index (κ1) is 13.2. The Balaban J connectivity index is 2.17. The van der Waals surface area contributed by atoms with Crippen LogP contribution < -0.4 is 11.3 Å². The van der Waals surface area contributed by atoms with Gasteiger partial charge >= 0.3 is 0 Å². The Kier molecular flexibility index (Phi) is 4.47. The maximum absolute atomic E-state index is 13.2. The van der Waals surface area contributed by atoms with Gasteiger partial charge in [0.25, 0.3) is 0 Å². The molecule has 2 aromatic rings. The van der Waals surface area contributed by atoms with Crippen molar-refractivity contribution in [2.24, 2.45) is 5.84 Å². The summed E-state index contributed by atoms with van der Waals surface area (Å²) in [6, 6.07) is 14.4. The Morgan fingerprint density at radius 3 is 2.50 bits per heavy atom. The lowest BCUT2D eigenvalue weighted by Gasteiger charge is -2.16. The molecule has 0 aliphatic rings. The van der Waals surface area contributed by atoms with Crippen molar-refractivity contribution < 1.29 is 4.39 Å². The van der Waals surface area contributed by atoms with Crippen molar-refractivity contribution in [3.05, 3.63) is 69.9 Å². The molecule has 3 N–H and O–H groups in total. The monoisotopic (exact) mass is 308 g/mol. The number of nitrogens with two attached hydrogens (primary N) is 1. The lowest BCUT2D eigenvalue weighted by atomic mass is 9.99. The molecule has 0 saturated heterocycles. The second-order valence-electron chi connectivity index (χ2n) is 4.10. The number of hydrogen-bond donors (Lipinski definition) is 2. The van der Waals surface area contributed by atoms with Crippen LogP contribution in [-0.4, -0.2) is 0 Å². The van der Waals surface area contributed by atoms with Crippen LogP contribution in [0.15, 0.2) is 53.0 Å². The number of hydrogen-bond acceptors (Lipinski definition) is 2. The summed E-state index contributed by atoms with van der Waals surface area (Å²) in [5.74, 6) is 5.30. The van der Waals surface area contributed by atoms with Gasteiger partial charge in [-0.2, -0.15) is 0 Å². The highest BCUT2D eigenvalue weighted by Crippen LogP contribution is 2.20. The molecule has 0 amide bonds. The lowest BCUT2D eigenvalue weighted by molar-refractivity contribution is 0.544. The Bertz CT molecular complexity index is 513. The van der Waals surface area contributed by atoms with Crippen molar-refractivity contribution in [3.8, 4) is 0 Å². The average Bonchev–Trinajstić information content (AvgIpc) is 2.38. The van der Waals surface area contributed by atoms with Crippen LogP contribution >= 0.6 is 15.9 Å². The fraction of sp³-hybridized carbons (Fsp3) is 0.143. The molecular weight excluding hydrogens is 295 g/mol. The summed E-state index contributed by atoms with van der Waals surface area (Å²) in [4.78, 5) is 0. The maximum atomic E-state index is 13.2. The van der Waals surface area contributed by atoms with E-state index in [4.69, 9.17) is 5.84 Å². The van der Waals surface area contributed by atoms with E-state index in [0.717, 1.165) is 15.6 Å². The summed E-state index contributed by atoms with van der Waals surface area (Å²) >= 11 is 3.39. The zero-order valence-electron chi connectivity index (χ0n) is 9.74. The number of nitrogens with one attached hydrogen (secondary N) is 1. The van der Waals surface area contributed by atoms with Crippen LogP contribution in [0.3, 0.4) is 0 Å². The SMILES string of the molecule is NNC(Cc1ccc(Br)cc1)c1cccc(F)c1. The van der Waals surface area contributed by atoms with E-state index in [0.29, 0.717) is 6.42 Å². The van der Waals surface area contributed by atoms with E-state index < -0.39 is 0 Å². The molecule has 0 heterocycles. The first-order valence-electron chi connectivity index (χ1n) is 5.65.